The van der Waals surface area contributed by atoms with Crippen molar-refractivity contribution in [3.63, 3.8) is 0 Å². The van der Waals surface area contributed by atoms with Gasteiger partial charge in [0.25, 0.3) is 0 Å². The van der Waals surface area contributed by atoms with Crippen LogP contribution in [0.5, 0.6) is 0 Å². The summed E-state index contributed by atoms with van der Waals surface area (Å²) >= 11 is 0. The normalized spacial score (nSPS) is 11.7. The molecule has 0 saturated carbocycles. The lowest BCUT2D eigenvalue weighted by Gasteiger charge is -2.05. The fraction of sp³-hybridized carbons (Fsp3) is 0.861. The minimum absolute atomic E-state index is 0.0108. The zero-order valence-electron chi connectivity index (χ0n) is 26.1. The maximum Gasteiger partial charge on any atom is 0.305 e. The molecule has 0 atom stereocenters. The first-order chi connectivity index (χ1) is 18.8. The average molecular weight is 533 g/mol. The molecule has 0 heterocycles. The van der Waals surface area contributed by atoms with E-state index in [1.807, 2.05) is 0 Å². The predicted molar refractivity (Wildman–Crippen MR) is 170 cm³/mol. The molecule has 0 amide bonds. The second-order valence-corrected chi connectivity index (χ2v) is 11.5. The molecule has 0 aromatic heterocycles. The summed E-state index contributed by atoms with van der Waals surface area (Å²) in [5, 5.41) is 0. The van der Waals surface area contributed by atoms with E-state index in [1.165, 1.54) is 148 Å². The SMILES string of the molecule is CCCCCC=CCC=CCCCCCCCC(=O)OCCCCCCCCCCCCCCCCCC. The molecule has 0 spiro atoms. The lowest BCUT2D eigenvalue weighted by molar-refractivity contribution is -0.143. The minimum atomic E-state index is 0.0108. The maximum absolute atomic E-state index is 11.9. The van der Waals surface area contributed by atoms with Gasteiger partial charge < -0.3 is 4.74 Å². The highest BCUT2D eigenvalue weighted by Gasteiger charge is 2.02. The third kappa shape index (κ3) is 33.0. The number of ether oxygens (including phenoxy) is 1. The Morgan fingerprint density at radius 2 is 0.816 bits per heavy atom. The van der Waals surface area contributed by atoms with E-state index < -0.39 is 0 Å². The summed E-state index contributed by atoms with van der Waals surface area (Å²) in [6.07, 6.45) is 45.2. The van der Waals surface area contributed by atoms with Crippen molar-refractivity contribution >= 4 is 5.97 Å². The van der Waals surface area contributed by atoms with Gasteiger partial charge in [0, 0.05) is 6.42 Å². The zero-order valence-corrected chi connectivity index (χ0v) is 26.1. The highest BCUT2D eigenvalue weighted by Crippen LogP contribution is 2.14. The van der Waals surface area contributed by atoms with Gasteiger partial charge in [-0.2, -0.15) is 0 Å². The van der Waals surface area contributed by atoms with Crippen LogP contribution in [0.3, 0.4) is 0 Å². The minimum Gasteiger partial charge on any atom is -0.466 e. The number of esters is 1. The Kier molecular flexibility index (Phi) is 33.0. The molecule has 0 bridgehead atoms. The Balaban J connectivity index is 3.21. The molecule has 0 aliphatic carbocycles. The number of hydrogen-bond donors (Lipinski definition) is 0. The Hall–Kier alpha value is -1.05. The summed E-state index contributed by atoms with van der Waals surface area (Å²) in [7, 11) is 0. The van der Waals surface area contributed by atoms with Crippen LogP contribution in [0.15, 0.2) is 24.3 Å². The summed E-state index contributed by atoms with van der Waals surface area (Å²) < 4.78 is 5.43. The van der Waals surface area contributed by atoms with Crippen LogP contribution in [0.4, 0.5) is 0 Å². The second-order valence-electron chi connectivity index (χ2n) is 11.5. The molecule has 0 saturated heterocycles. The van der Waals surface area contributed by atoms with Crippen LogP contribution < -0.4 is 0 Å². The van der Waals surface area contributed by atoms with Gasteiger partial charge in [-0.15, -0.1) is 0 Å². The maximum atomic E-state index is 11.9. The highest BCUT2D eigenvalue weighted by molar-refractivity contribution is 5.69. The standard InChI is InChI=1S/C36H68O2/c1-3-5-7-9-11-13-15-17-19-21-23-25-27-29-31-33-35-38-36(37)34-32-30-28-26-24-22-20-18-16-14-12-10-8-6-4-2/h12,14,18,20H,3-11,13,15-17,19,21-35H2,1-2H3. The van der Waals surface area contributed by atoms with Gasteiger partial charge in [0.2, 0.25) is 0 Å². The van der Waals surface area contributed by atoms with Gasteiger partial charge in [-0.1, -0.05) is 167 Å². The topological polar surface area (TPSA) is 26.3 Å². The quantitative estimate of drug-likeness (QED) is 0.0504. The number of rotatable bonds is 31. The first-order valence-corrected chi connectivity index (χ1v) is 17.3. The van der Waals surface area contributed by atoms with E-state index in [2.05, 4.69) is 38.2 Å². The summed E-state index contributed by atoms with van der Waals surface area (Å²) in [6.45, 7) is 5.17. The van der Waals surface area contributed by atoms with Crippen LogP contribution in [0.25, 0.3) is 0 Å². The molecule has 0 aliphatic heterocycles. The van der Waals surface area contributed by atoms with Gasteiger partial charge in [-0.3, -0.25) is 4.79 Å². The third-order valence-electron chi connectivity index (χ3n) is 7.59. The molecule has 38 heavy (non-hydrogen) atoms. The Morgan fingerprint density at radius 3 is 1.32 bits per heavy atom. The summed E-state index contributed by atoms with van der Waals surface area (Å²) in [4.78, 5) is 11.9. The molecule has 0 aromatic rings. The van der Waals surface area contributed by atoms with Crippen molar-refractivity contribution < 1.29 is 9.53 Å². The van der Waals surface area contributed by atoms with Gasteiger partial charge >= 0.3 is 5.97 Å². The van der Waals surface area contributed by atoms with Gasteiger partial charge in [-0.05, 0) is 44.9 Å². The van der Waals surface area contributed by atoms with Crippen LogP contribution in [-0.2, 0) is 9.53 Å². The smallest absolute Gasteiger partial charge is 0.305 e. The van der Waals surface area contributed by atoms with E-state index in [1.54, 1.807) is 0 Å². The van der Waals surface area contributed by atoms with E-state index >= 15 is 0 Å². The molecule has 2 heteroatoms. The Morgan fingerprint density at radius 1 is 0.447 bits per heavy atom. The van der Waals surface area contributed by atoms with E-state index in [-0.39, 0.29) is 5.97 Å². The van der Waals surface area contributed by atoms with Crippen LogP contribution in [0.1, 0.15) is 194 Å². The van der Waals surface area contributed by atoms with Gasteiger partial charge in [0.15, 0.2) is 0 Å². The van der Waals surface area contributed by atoms with Crippen LogP contribution in [-0.4, -0.2) is 12.6 Å². The Bertz CT molecular complexity index is 507. The first-order valence-electron chi connectivity index (χ1n) is 17.3. The molecule has 0 rings (SSSR count). The predicted octanol–water partition coefficient (Wildman–Crippen LogP) is 12.6. The largest absolute Gasteiger partial charge is 0.466 e. The van der Waals surface area contributed by atoms with Crippen molar-refractivity contribution in [2.45, 2.75) is 194 Å². The first kappa shape index (κ1) is 37.0. The van der Waals surface area contributed by atoms with Crippen molar-refractivity contribution in [3.8, 4) is 0 Å². The number of unbranched alkanes of at least 4 members (excludes halogenated alkanes) is 23. The average Bonchev–Trinajstić information content (AvgIpc) is 2.92. The lowest BCUT2D eigenvalue weighted by atomic mass is 10.0. The van der Waals surface area contributed by atoms with E-state index in [0.29, 0.717) is 13.0 Å². The summed E-state index contributed by atoms with van der Waals surface area (Å²) in [5.41, 5.74) is 0. The van der Waals surface area contributed by atoms with Crippen molar-refractivity contribution in [1.29, 1.82) is 0 Å². The van der Waals surface area contributed by atoms with Gasteiger partial charge in [0.1, 0.15) is 0 Å². The molecule has 0 aliphatic rings. The fourth-order valence-corrected chi connectivity index (χ4v) is 4.99. The number of carbonyl (C=O) groups excluding carboxylic acids is 1. The molecular weight excluding hydrogens is 464 g/mol. The van der Waals surface area contributed by atoms with Crippen molar-refractivity contribution in [2.75, 3.05) is 6.61 Å². The van der Waals surface area contributed by atoms with Crippen molar-refractivity contribution in [3.05, 3.63) is 24.3 Å². The zero-order chi connectivity index (χ0) is 27.6. The molecule has 224 valence electrons. The van der Waals surface area contributed by atoms with E-state index in [4.69, 9.17) is 4.74 Å². The van der Waals surface area contributed by atoms with Gasteiger partial charge in [0.05, 0.1) is 6.61 Å². The summed E-state index contributed by atoms with van der Waals surface area (Å²) in [6, 6.07) is 0. The van der Waals surface area contributed by atoms with Gasteiger partial charge in [-0.25, -0.2) is 0 Å². The second kappa shape index (κ2) is 34.0. The van der Waals surface area contributed by atoms with Crippen molar-refractivity contribution in [1.82, 2.24) is 0 Å². The highest BCUT2D eigenvalue weighted by atomic mass is 16.5. The molecule has 0 fully saturated rings. The lowest BCUT2D eigenvalue weighted by Crippen LogP contribution is -2.05. The number of allylic oxidation sites excluding steroid dienone is 4. The number of hydrogen-bond acceptors (Lipinski definition) is 2. The fourth-order valence-electron chi connectivity index (χ4n) is 4.99. The molecule has 2 nitrogen and oxygen atoms in total. The summed E-state index contributed by atoms with van der Waals surface area (Å²) in [5.74, 6) is 0.0108. The Labute approximate surface area is 239 Å². The molecule has 0 aromatic carbocycles. The van der Waals surface area contributed by atoms with E-state index in [9.17, 15) is 4.79 Å². The third-order valence-corrected chi connectivity index (χ3v) is 7.59. The van der Waals surface area contributed by atoms with Crippen LogP contribution in [0.2, 0.25) is 0 Å². The molecule has 0 radical (unpaired) electrons. The molecule has 0 N–H and O–H groups in total. The van der Waals surface area contributed by atoms with Crippen molar-refractivity contribution in [2.24, 2.45) is 0 Å². The van der Waals surface area contributed by atoms with Crippen LogP contribution in [0, 0.1) is 0 Å². The monoisotopic (exact) mass is 533 g/mol. The van der Waals surface area contributed by atoms with E-state index in [0.717, 1.165) is 25.7 Å². The number of carbonyl (C=O) groups is 1. The van der Waals surface area contributed by atoms with Crippen LogP contribution >= 0.6 is 0 Å². The molecular formula is C36H68O2. The molecule has 0 unspecified atom stereocenters.